The van der Waals surface area contributed by atoms with Gasteiger partial charge in [0, 0.05) is 12.5 Å². The molecule has 25 heavy (non-hydrogen) atoms. The van der Waals surface area contributed by atoms with Crippen LogP contribution in [0, 0.1) is 5.92 Å². The first-order chi connectivity index (χ1) is 11.7. The average Bonchev–Trinajstić information content (AvgIpc) is 2.51. The maximum absolute atomic E-state index is 12.3. The van der Waals surface area contributed by atoms with E-state index >= 15 is 0 Å². The second-order valence-corrected chi connectivity index (χ2v) is 5.40. The standard InChI is InChI=1S/C17H21NO7/c1-4-24-14(20)8-10(2)15(17(22)23)18-16(21)12-6-5-7-13(9-12)25-11(3)19/h5-7,9-10,15H,4,8H2,1-3H3,(H,18,21)(H,22,23)/t10-,15-/m0/s1. The van der Waals surface area contributed by atoms with Crippen molar-refractivity contribution in [2.45, 2.75) is 33.2 Å². The third-order valence-corrected chi connectivity index (χ3v) is 3.27. The molecule has 8 heteroatoms. The van der Waals surface area contributed by atoms with Gasteiger partial charge in [-0.2, -0.15) is 0 Å². The first-order valence-electron chi connectivity index (χ1n) is 7.72. The second-order valence-electron chi connectivity index (χ2n) is 5.40. The molecule has 0 radical (unpaired) electrons. The van der Waals surface area contributed by atoms with Crippen LogP contribution < -0.4 is 10.1 Å². The zero-order valence-electron chi connectivity index (χ0n) is 14.3. The van der Waals surface area contributed by atoms with Crippen LogP contribution in [-0.2, 0) is 19.1 Å². The minimum atomic E-state index is -1.27. The van der Waals surface area contributed by atoms with Gasteiger partial charge < -0.3 is 19.9 Å². The summed E-state index contributed by atoms with van der Waals surface area (Å²) in [6.45, 7) is 4.60. The predicted octanol–water partition coefficient (Wildman–Crippen LogP) is 1.38. The fourth-order valence-corrected chi connectivity index (χ4v) is 2.14. The summed E-state index contributed by atoms with van der Waals surface area (Å²) >= 11 is 0. The van der Waals surface area contributed by atoms with Crippen molar-refractivity contribution in [1.29, 1.82) is 0 Å². The van der Waals surface area contributed by atoms with Crippen molar-refractivity contribution in [3.8, 4) is 5.75 Å². The third kappa shape index (κ3) is 6.62. The first-order valence-corrected chi connectivity index (χ1v) is 7.72. The van der Waals surface area contributed by atoms with E-state index in [2.05, 4.69) is 5.32 Å². The van der Waals surface area contributed by atoms with Crippen molar-refractivity contribution >= 4 is 23.8 Å². The Balaban J connectivity index is 2.84. The lowest BCUT2D eigenvalue weighted by molar-refractivity contribution is -0.146. The molecule has 0 aromatic heterocycles. The van der Waals surface area contributed by atoms with Gasteiger partial charge in [0.25, 0.3) is 5.91 Å². The molecule has 0 aliphatic heterocycles. The normalized spacial score (nSPS) is 12.6. The quantitative estimate of drug-likeness (QED) is 0.536. The van der Waals surface area contributed by atoms with Gasteiger partial charge in [-0.3, -0.25) is 14.4 Å². The van der Waals surface area contributed by atoms with Gasteiger partial charge in [-0.1, -0.05) is 13.0 Å². The Hall–Kier alpha value is -2.90. The molecule has 0 unspecified atom stereocenters. The van der Waals surface area contributed by atoms with E-state index in [-0.39, 0.29) is 24.3 Å². The molecule has 1 aromatic rings. The molecule has 0 spiro atoms. The van der Waals surface area contributed by atoms with E-state index in [0.29, 0.717) is 0 Å². The molecule has 0 saturated heterocycles. The van der Waals surface area contributed by atoms with Crippen molar-refractivity contribution < 1.29 is 33.8 Å². The molecular weight excluding hydrogens is 330 g/mol. The number of hydrogen-bond acceptors (Lipinski definition) is 6. The highest BCUT2D eigenvalue weighted by Crippen LogP contribution is 2.15. The number of esters is 2. The molecule has 0 fully saturated rings. The van der Waals surface area contributed by atoms with Crippen LogP contribution in [0.15, 0.2) is 24.3 Å². The average molecular weight is 351 g/mol. The topological polar surface area (TPSA) is 119 Å². The van der Waals surface area contributed by atoms with E-state index < -0.39 is 35.8 Å². The third-order valence-electron chi connectivity index (χ3n) is 3.27. The number of ether oxygens (including phenoxy) is 2. The molecule has 2 N–H and O–H groups in total. The van der Waals surface area contributed by atoms with Crippen LogP contribution in [0.3, 0.4) is 0 Å². The number of carbonyl (C=O) groups is 4. The van der Waals surface area contributed by atoms with Crippen LogP contribution in [0.4, 0.5) is 0 Å². The van der Waals surface area contributed by atoms with Crippen molar-refractivity contribution in [2.75, 3.05) is 6.61 Å². The number of hydrogen-bond donors (Lipinski definition) is 2. The SMILES string of the molecule is CCOC(=O)C[C@H](C)[C@H](NC(=O)c1cccc(OC(C)=O)c1)C(=O)O. The van der Waals surface area contributed by atoms with Gasteiger partial charge in [-0.15, -0.1) is 0 Å². The van der Waals surface area contributed by atoms with Crippen LogP contribution in [0.2, 0.25) is 0 Å². The van der Waals surface area contributed by atoms with E-state index in [1.165, 1.54) is 38.1 Å². The fraction of sp³-hybridized carbons (Fsp3) is 0.412. The molecule has 0 heterocycles. The molecule has 1 amide bonds. The first kappa shape index (κ1) is 20.1. The smallest absolute Gasteiger partial charge is 0.326 e. The maximum atomic E-state index is 12.3. The van der Waals surface area contributed by atoms with E-state index in [1.54, 1.807) is 6.92 Å². The zero-order chi connectivity index (χ0) is 19.0. The van der Waals surface area contributed by atoms with Crippen LogP contribution in [0.5, 0.6) is 5.75 Å². The molecule has 136 valence electrons. The summed E-state index contributed by atoms with van der Waals surface area (Å²) in [5, 5.41) is 11.7. The molecule has 0 aliphatic rings. The second kappa shape index (κ2) is 9.41. The monoisotopic (exact) mass is 351 g/mol. The van der Waals surface area contributed by atoms with E-state index in [1.807, 2.05) is 0 Å². The van der Waals surface area contributed by atoms with Crippen LogP contribution in [0.1, 0.15) is 37.6 Å². The maximum Gasteiger partial charge on any atom is 0.326 e. The predicted molar refractivity (Wildman–Crippen MR) is 87.1 cm³/mol. The highest BCUT2D eigenvalue weighted by molar-refractivity contribution is 5.97. The van der Waals surface area contributed by atoms with Crippen LogP contribution in [0.25, 0.3) is 0 Å². The van der Waals surface area contributed by atoms with E-state index in [9.17, 15) is 24.3 Å². The lowest BCUT2D eigenvalue weighted by atomic mass is 9.98. The minimum absolute atomic E-state index is 0.133. The van der Waals surface area contributed by atoms with Gasteiger partial charge in [0.2, 0.25) is 0 Å². The summed E-state index contributed by atoms with van der Waals surface area (Å²) in [6.07, 6.45) is -0.140. The number of benzene rings is 1. The summed E-state index contributed by atoms with van der Waals surface area (Å²) in [4.78, 5) is 46.2. The van der Waals surface area contributed by atoms with Crippen molar-refractivity contribution in [2.24, 2.45) is 5.92 Å². The van der Waals surface area contributed by atoms with E-state index in [0.717, 1.165) is 0 Å². The van der Waals surface area contributed by atoms with Gasteiger partial charge in [-0.05, 0) is 31.0 Å². The Morgan fingerprint density at radius 2 is 1.92 bits per heavy atom. The number of carbonyl (C=O) groups excluding carboxylic acids is 3. The molecule has 1 aromatic carbocycles. The summed E-state index contributed by atoms with van der Waals surface area (Å²) in [5.74, 6) is -3.49. The highest BCUT2D eigenvalue weighted by atomic mass is 16.5. The summed E-state index contributed by atoms with van der Waals surface area (Å²) in [6, 6.07) is 4.51. The lowest BCUT2D eigenvalue weighted by Gasteiger charge is -2.21. The van der Waals surface area contributed by atoms with E-state index in [4.69, 9.17) is 9.47 Å². The largest absolute Gasteiger partial charge is 0.480 e. The van der Waals surface area contributed by atoms with Gasteiger partial charge in [0.15, 0.2) is 0 Å². The Labute approximate surface area is 145 Å². The zero-order valence-corrected chi connectivity index (χ0v) is 14.3. The molecule has 2 atom stereocenters. The Bertz CT molecular complexity index is 656. The van der Waals surface area contributed by atoms with Gasteiger partial charge in [-0.25, -0.2) is 4.79 Å². The Morgan fingerprint density at radius 1 is 1.24 bits per heavy atom. The van der Waals surface area contributed by atoms with Crippen molar-refractivity contribution in [3.05, 3.63) is 29.8 Å². The number of nitrogens with one attached hydrogen (secondary N) is 1. The molecule has 0 saturated carbocycles. The summed E-state index contributed by atoms with van der Waals surface area (Å²) in [7, 11) is 0. The molecule has 1 rings (SSSR count). The molecular formula is C17H21NO7. The highest BCUT2D eigenvalue weighted by Gasteiger charge is 2.29. The van der Waals surface area contributed by atoms with Gasteiger partial charge in [0.1, 0.15) is 11.8 Å². The van der Waals surface area contributed by atoms with Crippen molar-refractivity contribution in [1.82, 2.24) is 5.32 Å². The Morgan fingerprint density at radius 3 is 2.48 bits per heavy atom. The Kier molecular flexibility index (Phi) is 7.58. The number of amides is 1. The number of carboxylic acids is 1. The van der Waals surface area contributed by atoms with Crippen LogP contribution in [-0.4, -0.2) is 41.6 Å². The number of carboxylic acid groups (broad SMARTS) is 1. The minimum Gasteiger partial charge on any atom is -0.480 e. The molecule has 8 nitrogen and oxygen atoms in total. The van der Waals surface area contributed by atoms with Gasteiger partial charge >= 0.3 is 17.9 Å². The van der Waals surface area contributed by atoms with Gasteiger partial charge in [0.05, 0.1) is 13.0 Å². The number of aliphatic carboxylic acids is 1. The van der Waals surface area contributed by atoms with Crippen LogP contribution >= 0.6 is 0 Å². The lowest BCUT2D eigenvalue weighted by Crippen LogP contribution is -2.45. The fourth-order valence-electron chi connectivity index (χ4n) is 2.14. The van der Waals surface area contributed by atoms with Crippen molar-refractivity contribution in [3.63, 3.8) is 0 Å². The summed E-state index contributed by atoms with van der Waals surface area (Å²) in [5.41, 5.74) is 0.133. The molecule has 0 aliphatic carbocycles. The summed E-state index contributed by atoms with van der Waals surface area (Å²) < 4.78 is 9.68. The number of rotatable bonds is 8. The molecule has 0 bridgehead atoms.